The summed E-state index contributed by atoms with van der Waals surface area (Å²) in [6, 6.07) is 74.4. The Morgan fingerprint density at radius 1 is 0.338 bits per heavy atom. The lowest BCUT2D eigenvalue weighted by molar-refractivity contribution is 0.329. The van der Waals surface area contributed by atoms with Crippen LogP contribution in [0.4, 0.5) is 34.1 Å². The smallest absolute Gasteiger partial charge is 0.208 e. The number of anilines is 6. The Hall–Kier alpha value is -9.44. The van der Waals surface area contributed by atoms with Gasteiger partial charge in [0.25, 0.3) is 0 Å². The highest BCUT2D eigenvalue weighted by molar-refractivity contribution is 7.25. The lowest BCUT2D eigenvalue weighted by atomic mass is 9.93. The van der Waals surface area contributed by atoms with Gasteiger partial charge in [0.2, 0.25) is 17.2 Å². The molecule has 0 amide bonds. The molecule has 0 fully saturated rings. The van der Waals surface area contributed by atoms with E-state index in [2.05, 4.69) is 161 Å². The van der Waals surface area contributed by atoms with Crippen LogP contribution in [0.2, 0.25) is 0 Å². The van der Waals surface area contributed by atoms with E-state index in [0.717, 1.165) is 92.7 Å². The summed E-state index contributed by atoms with van der Waals surface area (Å²) in [6.45, 7) is 0. The molecule has 0 aliphatic heterocycles. The van der Waals surface area contributed by atoms with Crippen molar-refractivity contribution in [2.24, 2.45) is 0 Å². The van der Waals surface area contributed by atoms with Crippen LogP contribution in [0, 0.1) is 0 Å². The third-order valence-corrected chi connectivity index (χ3v) is 14.8. The van der Waals surface area contributed by atoms with E-state index in [1.165, 1.54) is 4.70 Å². The monoisotopic (exact) mass is 939 g/mol. The highest BCUT2D eigenvalue weighted by atomic mass is 32.1. The number of phenols is 5. The number of aromatic hydroxyl groups is 5. The van der Waals surface area contributed by atoms with Crippen molar-refractivity contribution in [2.75, 3.05) is 9.80 Å². The average molecular weight is 940 g/mol. The van der Waals surface area contributed by atoms with Crippen molar-refractivity contribution in [2.45, 2.75) is 0 Å². The van der Waals surface area contributed by atoms with Crippen molar-refractivity contribution in [3.05, 3.63) is 218 Å². The predicted molar refractivity (Wildman–Crippen MR) is 292 cm³/mol. The van der Waals surface area contributed by atoms with E-state index in [0.29, 0.717) is 11.4 Å². The van der Waals surface area contributed by atoms with E-state index >= 15 is 0 Å². The first kappa shape index (κ1) is 41.7. The van der Waals surface area contributed by atoms with Crippen LogP contribution in [0.15, 0.2) is 218 Å². The Morgan fingerprint density at radius 2 is 0.873 bits per heavy atom. The number of nitrogens with zero attached hydrogens (tertiary/aromatic N) is 3. The maximum Gasteiger partial charge on any atom is 0.208 e. The lowest BCUT2D eigenvalue weighted by Gasteiger charge is -2.31. The van der Waals surface area contributed by atoms with Crippen LogP contribution in [0.25, 0.3) is 80.3 Å². The van der Waals surface area contributed by atoms with Gasteiger partial charge >= 0.3 is 0 Å². The molecule has 340 valence electrons. The number of hydrogen-bond acceptors (Lipinski definition) is 8. The van der Waals surface area contributed by atoms with Gasteiger partial charge in [0.1, 0.15) is 5.69 Å². The molecule has 0 spiro atoms. The Kier molecular flexibility index (Phi) is 9.62. The van der Waals surface area contributed by atoms with Crippen molar-refractivity contribution >= 4 is 109 Å². The van der Waals surface area contributed by atoms with Crippen molar-refractivity contribution in [3.8, 4) is 45.6 Å². The van der Waals surface area contributed by atoms with Gasteiger partial charge in [-0.15, -0.1) is 11.3 Å². The normalized spacial score (nSPS) is 11.7. The molecule has 11 aromatic carbocycles. The molecule has 0 atom stereocenters. The minimum atomic E-state index is -1.04. The fourth-order valence-electron chi connectivity index (χ4n) is 10.5. The van der Waals surface area contributed by atoms with Crippen LogP contribution in [-0.2, 0) is 0 Å². The highest BCUT2D eigenvalue weighted by Crippen LogP contribution is 2.59. The fourth-order valence-corrected chi connectivity index (χ4v) is 11.6. The van der Waals surface area contributed by atoms with Gasteiger partial charge in [-0.1, -0.05) is 127 Å². The quantitative estimate of drug-likeness (QED) is 0.0762. The van der Waals surface area contributed by atoms with E-state index < -0.39 is 28.7 Å². The molecular weight excluding hydrogens is 899 g/mol. The van der Waals surface area contributed by atoms with Crippen LogP contribution in [0.5, 0.6) is 28.7 Å². The fraction of sp³-hybridized carbons (Fsp3) is 0. The van der Waals surface area contributed by atoms with Gasteiger partial charge in [-0.25, -0.2) is 0 Å². The second kappa shape index (κ2) is 16.4. The van der Waals surface area contributed by atoms with Gasteiger partial charge < -0.3 is 39.9 Å². The topological polar surface area (TPSA) is 113 Å². The molecule has 2 heterocycles. The van der Waals surface area contributed by atoms with Gasteiger partial charge in [0.15, 0.2) is 11.5 Å². The van der Waals surface area contributed by atoms with E-state index in [1.54, 1.807) is 28.4 Å². The Morgan fingerprint density at radius 3 is 1.58 bits per heavy atom. The Balaban J connectivity index is 1.17. The SMILES string of the molecule is Oc1c(O)c(O)c(N(c2ccccc2)c2cc(-c3cc4c(c5ccccc35)c3c5ccccc5ccc3n4-c3ccccc3)cc(N(c3ccccc3)c3ccc4sc5ccccc5c4c3)c2)c(O)c1O. The molecule has 13 aromatic rings. The minimum absolute atomic E-state index is 0.332. The number of fused-ring (bicyclic) bond motifs is 10. The summed E-state index contributed by atoms with van der Waals surface area (Å²) < 4.78 is 4.69. The van der Waals surface area contributed by atoms with Gasteiger partial charge in [-0.3, -0.25) is 0 Å². The van der Waals surface area contributed by atoms with Crippen LogP contribution < -0.4 is 9.80 Å². The molecule has 0 aliphatic rings. The zero-order chi connectivity index (χ0) is 47.9. The second-order valence-corrected chi connectivity index (χ2v) is 18.7. The predicted octanol–water partition coefficient (Wildman–Crippen LogP) is 16.6. The number of hydrogen-bond donors (Lipinski definition) is 5. The molecule has 0 unspecified atom stereocenters. The molecule has 5 N–H and O–H groups in total. The first-order chi connectivity index (χ1) is 34.8. The Labute approximate surface area is 410 Å². The third-order valence-electron chi connectivity index (χ3n) is 13.6. The van der Waals surface area contributed by atoms with Crippen LogP contribution in [-0.4, -0.2) is 30.1 Å². The first-order valence-electron chi connectivity index (χ1n) is 23.2. The highest BCUT2D eigenvalue weighted by Gasteiger charge is 2.31. The summed E-state index contributed by atoms with van der Waals surface area (Å²) >= 11 is 1.75. The van der Waals surface area contributed by atoms with E-state index in [-0.39, 0.29) is 5.69 Å². The van der Waals surface area contributed by atoms with Crippen molar-refractivity contribution < 1.29 is 25.5 Å². The minimum Gasteiger partial charge on any atom is -0.503 e. The molecule has 9 heteroatoms. The van der Waals surface area contributed by atoms with Crippen molar-refractivity contribution in [1.29, 1.82) is 0 Å². The number of benzene rings is 11. The summed E-state index contributed by atoms with van der Waals surface area (Å²) in [6.07, 6.45) is 0. The van der Waals surface area contributed by atoms with E-state index in [9.17, 15) is 25.5 Å². The van der Waals surface area contributed by atoms with Crippen LogP contribution in [0.1, 0.15) is 0 Å². The summed E-state index contributed by atoms with van der Waals surface area (Å²) in [5, 5.41) is 65.3. The van der Waals surface area contributed by atoms with Gasteiger partial charge in [-0.2, -0.15) is 0 Å². The van der Waals surface area contributed by atoms with Crippen LogP contribution in [0.3, 0.4) is 0 Å². The largest absolute Gasteiger partial charge is 0.503 e. The Bertz CT molecular complexity index is 4220. The van der Waals surface area contributed by atoms with Gasteiger partial charge in [0.05, 0.1) is 11.0 Å². The third kappa shape index (κ3) is 6.59. The summed E-state index contributed by atoms with van der Waals surface area (Å²) in [5.41, 5.74) is 7.90. The molecule has 0 aliphatic carbocycles. The molecule has 0 saturated carbocycles. The molecule has 0 bridgehead atoms. The summed E-state index contributed by atoms with van der Waals surface area (Å²) in [5.74, 6) is -4.65. The van der Waals surface area contributed by atoms with Crippen LogP contribution >= 0.6 is 11.3 Å². The maximum absolute atomic E-state index is 11.8. The zero-order valence-corrected chi connectivity index (χ0v) is 38.6. The number of aromatic nitrogens is 1. The lowest BCUT2D eigenvalue weighted by Crippen LogP contribution is -2.14. The van der Waals surface area contributed by atoms with Gasteiger partial charge in [0, 0.05) is 65.1 Å². The molecule has 0 saturated heterocycles. The number of thiophene rings is 1. The number of rotatable bonds is 8. The van der Waals surface area contributed by atoms with E-state index in [4.69, 9.17) is 0 Å². The summed E-state index contributed by atoms with van der Waals surface area (Å²) in [4.78, 5) is 3.78. The first-order valence-corrected chi connectivity index (χ1v) is 24.0. The second-order valence-electron chi connectivity index (χ2n) is 17.7. The number of phenolic OH excluding ortho intramolecular Hbond substituents is 5. The number of para-hydroxylation sites is 3. The molecule has 13 rings (SSSR count). The van der Waals surface area contributed by atoms with Gasteiger partial charge in [-0.05, 0) is 124 Å². The maximum atomic E-state index is 11.8. The molecule has 0 radical (unpaired) electrons. The van der Waals surface area contributed by atoms with Crippen molar-refractivity contribution in [3.63, 3.8) is 0 Å². The standard InChI is InChI=1S/C62H41N3O5S/c66-58-57(59(67)61(69)62(70)60(58)68)64(40-19-6-2-7-20-40)44-33-38(32-43(34-44)63(39-17-4-1-5-18-39)42-29-31-54-50(35-42)47-25-14-15-27-53(47)71-54)49-36-52-56(48-26-13-12-24-46(48)49)55-45-23-11-10-16-37(45)28-30-51(55)65(52)41-21-8-3-9-22-41/h1-36,66-70H. The average Bonchev–Trinajstić information content (AvgIpc) is 3.97. The van der Waals surface area contributed by atoms with Crippen molar-refractivity contribution in [1.82, 2.24) is 4.57 Å². The molecular formula is C62H41N3O5S. The van der Waals surface area contributed by atoms with E-state index in [1.807, 2.05) is 54.6 Å². The summed E-state index contributed by atoms with van der Waals surface area (Å²) in [7, 11) is 0. The zero-order valence-electron chi connectivity index (χ0n) is 37.8. The molecule has 8 nitrogen and oxygen atoms in total. The molecule has 2 aromatic heterocycles. The molecule has 71 heavy (non-hydrogen) atoms.